The second-order valence-electron chi connectivity index (χ2n) is 3.92. The molecule has 0 spiro atoms. The zero-order valence-corrected chi connectivity index (χ0v) is 10.2. The smallest absolute Gasteiger partial charge is 0.335 e. The molecule has 1 aromatic carbocycles. The third-order valence-electron chi connectivity index (χ3n) is 2.88. The van der Waals surface area contributed by atoms with Crippen LogP contribution in [0.15, 0.2) is 18.2 Å². The van der Waals surface area contributed by atoms with E-state index in [1.165, 1.54) is 14.2 Å². The van der Waals surface area contributed by atoms with Gasteiger partial charge >= 0.3 is 11.7 Å². The highest BCUT2D eigenvalue weighted by atomic mass is 16.8. The molecular formula is C12H14NO5+. The zero-order valence-electron chi connectivity index (χ0n) is 10.2. The lowest BCUT2D eigenvalue weighted by Gasteiger charge is -2.22. The molecule has 0 aromatic heterocycles. The van der Waals surface area contributed by atoms with Gasteiger partial charge in [-0.1, -0.05) is 0 Å². The fraction of sp³-hybridized carbons (Fsp3) is 0.417. The normalized spacial score (nSPS) is 17.8. The molecule has 1 atom stereocenters. The summed E-state index contributed by atoms with van der Waals surface area (Å²) in [6.45, 7) is 0.335. The molecule has 1 aliphatic heterocycles. The predicted molar refractivity (Wildman–Crippen MR) is 61.0 cm³/mol. The summed E-state index contributed by atoms with van der Waals surface area (Å²) in [5.41, 5.74) is 2.25. The maximum Gasteiger partial charge on any atom is 0.335 e. The maximum absolute atomic E-state index is 11.4. The van der Waals surface area contributed by atoms with E-state index in [4.69, 9.17) is 4.74 Å². The molecule has 0 saturated heterocycles. The van der Waals surface area contributed by atoms with Crippen molar-refractivity contribution in [3.63, 3.8) is 0 Å². The minimum atomic E-state index is -0.611. The highest BCUT2D eigenvalue weighted by Crippen LogP contribution is 2.25. The Kier molecular flexibility index (Phi) is 3.57. The van der Waals surface area contributed by atoms with Crippen molar-refractivity contribution in [3.8, 4) is 0 Å². The first-order valence-electron chi connectivity index (χ1n) is 5.48. The average Bonchev–Trinajstić information content (AvgIpc) is 2.44. The first-order valence-corrected chi connectivity index (χ1v) is 5.48. The van der Waals surface area contributed by atoms with Gasteiger partial charge in [-0.15, -0.1) is 0 Å². The summed E-state index contributed by atoms with van der Waals surface area (Å²) < 4.78 is 10.0. The summed E-state index contributed by atoms with van der Waals surface area (Å²) in [5, 5.41) is 0. The van der Waals surface area contributed by atoms with Gasteiger partial charge in [0.2, 0.25) is 0 Å². The number of carbonyl (C=O) groups excluding carboxylic acids is 1. The van der Waals surface area contributed by atoms with Crippen molar-refractivity contribution in [2.24, 2.45) is 0 Å². The van der Waals surface area contributed by atoms with Crippen molar-refractivity contribution < 1.29 is 24.0 Å². The number of ether oxygens (including phenoxy) is 2. The standard InChI is InChI=1S/C12H14NO5/c1-16-12(14)11-6-9-5-10(13(15)17-2)4-3-8(9)7-18-11/h3-5,11H,6-7H2,1-2H3/q+1. The second kappa shape index (κ2) is 5.14. The lowest BCUT2D eigenvalue weighted by molar-refractivity contribution is -0.736. The number of methoxy groups -OCH3 is 1. The van der Waals surface area contributed by atoms with E-state index >= 15 is 0 Å². The first kappa shape index (κ1) is 12.5. The third-order valence-corrected chi connectivity index (χ3v) is 2.88. The summed E-state index contributed by atoms with van der Waals surface area (Å²) >= 11 is 0. The monoisotopic (exact) mass is 252 g/mol. The number of rotatable bonds is 3. The number of nitrogens with zero attached hydrogens (tertiary/aromatic N) is 1. The van der Waals surface area contributed by atoms with Crippen molar-refractivity contribution in [1.82, 2.24) is 0 Å². The molecular weight excluding hydrogens is 238 g/mol. The van der Waals surface area contributed by atoms with Gasteiger partial charge in [0, 0.05) is 18.6 Å². The third kappa shape index (κ3) is 2.33. The molecule has 96 valence electrons. The Bertz CT molecular complexity index is 485. The predicted octanol–water partition coefficient (Wildman–Crippen LogP) is 1.27. The van der Waals surface area contributed by atoms with Crippen LogP contribution in [-0.2, 0) is 32.1 Å². The van der Waals surface area contributed by atoms with E-state index in [1.807, 2.05) is 0 Å². The Hall–Kier alpha value is -1.95. The van der Waals surface area contributed by atoms with Gasteiger partial charge in [0.15, 0.2) is 13.2 Å². The number of hydrogen-bond donors (Lipinski definition) is 0. The molecule has 0 aliphatic carbocycles. The van der Waals surface area contributed by atoms with Crippen molar-refractivity contribution >= 4 is 11.7 Å². The van der Waals surface area contributed by atoms with E-state index in [-0.39, 0.29) is 0 Å². The topological polar surface area (TPSA) is 64.8 Å². The average molecular weight is 252 g/mol. The van der Waals surface area contributed by atoms with Crippen LogP contribution in [0.25, 0.3) is 0 Å². The van der Waals surface area contributed by atoms with Crippen molar-refractivity contribution in [2.75, 3.05) is 14.2 Å². The Morgan fingerprint density at radius 3 is 2.83 bits per heavy atom. The SMILES string of the molecule is COC(=O)C1Cc2cc([N+](=O)OC)ccc2CO1. The molecule has 1 heterocycles. The molecule has 18 heavy (non-hydrogen) atoms. The van der Waals surface area contributed by atoms with Crippen LogP contribution >= 0.6 is 0 Å². The second-order valence-corrected chi connectivity index (χ2v) is 3.92. The largest absolute Gasteiger partial charge is 0.467 e. The van der Waals surface area contributed by atoms with E-state index < -0.39 is 12.1 Å². The lowest BCUT2D eigenvalue weighted by atomic mass is 9.98. The highest BCUT2D eigenvalue weighted by Gasteiger charge is 2.28. The van der Waals surface area contributed by atoms with E-state index in [0.29, 0.717) is 23.6 Å². The van der Waals surface area contributed by atoms with Gasteiger partial charge in [0.05, 0.1) is 18.6 Å². The Morgan fingerprint density at radius 2 is 2.17 bits per heavy atom. The number of benzene rings is 1. The van der Waals surface area contributed by atoms with Crippen LogP contribution in [0.4, 0.5) is 5.69 Å². The molecule has 1 aromatic rings. The summed E-state index contributed by atoms with van der Waals surface area (Å²) in [6, 6.07) is 5.14. The van der Waals surface area contributed by atoms with Crippen LogP contribution in [0.1, 0.15) is 11.1 Å². The fourth-order valence-electron chi connectivity index (χ4n) is 1.89. The molecule has 1 unspecified atom stereocenters. The molecule has 0 saturated carbocycles. The van der Waals surface area contributed by atoms with Gasteiger partial charge in [-0.05, 0) is 17.2 Å². The molecule has 0 radical (unpaired) electrons. The summed E-state index contributed by atoms with van der Waals surface area (Å²) in [4.78, 5) is 27.7. The molecule has 0 bridgehead atoms. The molecule has 1 aliphatic rings. The van der Waals surface area contributed by atoms with Gasteiger partial charge in [-0.3, -0.25) is 0 Å². The molecule has 0 N–H and O–H groups in total. The fourth-order valence-corrected chi connectivity index (χ4v) is 1.89. The van der Waals surface area contributed by atoms with Gasteiger partial charge in [0.25, 0.3) is 4.92 Å². The molecule has 6 nitrogen and oxygen atoms in total. The van der Waals surface area contributed by atoms with Crippen LogP contribution in [-0.4, -0.2) is 31.2 Å². The minimum Gasteiger partial charge on any atom is -0.467 e. The molecule has 2 rings (SSSR count). The Labute approximate surface area is 104 Å². The van der Waals surface area contributed by atoms with Crippen LogP contribution in [0.3, 0.4) is 0 Å². The molecule has 0 fully saturated rings. The number of carbonyl (C=O) groups is 1. The summed E-state index contributed by atoms with van der Waals surface area (Å²) in [7, 11) is 2.62. The minimum absolute atomic E-state index is 0.335. The molecule has 6 heteroatoms. The van der Waals surface area contributed by atoms with Crippen molar-refractivity contribution in [1.29, 1.82) is 0 Å². The van der Waals surface area contributed by atoms with Crippen LogP contribution in [0.2, 0.25) is 0 Å². The Morgan fingerprint density at radius 1 is 1.39 bits per heavy atom. The van der Waals surface area contributed by atoms with Gasteiger partial charge < -0.3 is 9.47 Å². The van der Waals surface area contributed by atoms with E-state index in [2.05, 4.69) is 9.57 Å². The maximum atomic E-state index is 11.4. The zero-order chi connectivity index (χ0) is 13.1. The number of esters is 1. The molecule has 0 amide bonds. The first-order chi connectivity index (χ1) is 8.65. The lowest BCUT2D eigenvalue weighted by Crippen LogP contribution is -2.31. The van der Waals surface area contributed by atoms with Crippen LogP contribution < -0.4 is 0 Å². The van der Waals surface area contributed by atoms with Gasteiger partial charge in [-0.2, -0.15) is 0 Å². The van der Waals surface area contributed by atoms with Gasteiger partial charge in [0.1, 0.15) is 0 Å². The highest BCUT2D eigenvalue weighted by molar-refractivity contribution is 5.75. The van der Waals surface area contributed by atoms with Crippen LogP contribution in [0.5, 0.6) is 0 Å². The van der Waals surface area contributed by atoms with E-state index in [1.54, 1.807) is 18.2 Å². The van der Waals surface area contributed by atoms with Crippen molar-refractivity contribution in [3.05, 3.63) is 34.2 Å². The summed E-state index contributed by atoms with van der Waals surface area (Å²) in [5.74, 6) is -0.406. The van der Waals surface area contributed by atoms with Gasteiger partial charge in [-0.25, -0.2) is 9.63 Å². The quantitative estimate of drug-likeness (QED) is 0.598. The summed E-state index contributed by atoms with van der Waals surface area (Å²) in [6.07, 6.45) is -0.215. The van der Waals surface area contributed by atoms with Crippen molar-refractivity contribution in [2.45, 2.75) is 19.1 Å². The number of hydrogen-bond acceptors (Lipinski definition) is 5. The number of fused-ring (bicyclic) bond motifs is 1. The Balaban J connectivity index is 2.24. The van der Waals surface area contributed by atoms with Crippen LogP contribution in [0, 0.1) is 4.91 Å². The van der Waals surface area contributed by atoms with E-state index in [0.717, 1.165) is 11.1 Å². The van der Waals surface area contributed by atoms with E-state index in [9.17, 15) is 9.70 Å².